The fourth-order valence-electron chi connectivity index (χ4n) is 3.92. The Morgan fingerprint density at radius 1 is 1.27 bits per heavy atom. The summed E-state index contributed by atoms with van der Waals surface area (Å²) < 4.78 is 27.6. The number of hydrogen-bond donors (Lipinski definition) is 2. The van der Waals surface area contributed by atoms with Gasteiger partial charge in [0, 0.05) is 44.8 Å². The third-order valence-corrected chi connectivity index (χ3v) is 7.46. The number of imidazole rings is 1. The first-order chi connectivity index (χ1) is 12.5. The van der Waals surface area contributed by atoms with Crippen molar-refractivity contribution < 1.29 is 13.5 Å². The van der Waals surface area contributed by atoms with Gasteiger partial charge < -0.3 is 15.0 Å². The van der Waals surface area contributed by atoms with Gasteiger partial charge in [-0.3, -0.25) is 0 Å². The number of aliphatic hydroxyl groups is 1. The number of anilines is 1. The molecule has 0 spiro atoms. The number of likely N-dealkylation sites (N-methyl/N-ethyl adjacent to an activating group) is 1. The van der Waals surface area contributed by atoms with Gasteiger partial charge in [0.05, 0.1) is 4.90 Å². The highest BCUT2D eigenvalue weighted by molar-refractivity contribution is 7.89. The molecular weight excluding hydrogens is 352 g/mol. The van der Waals surface area contributed by atoms with E-state index in [4.69, 9.17) is 0 Å². The quantitative estimate of drug-likeness (QED) is 0.845. The fraction of sp³-hybridized carbons (Fsp3) is 0.500. The lowest BCUT2D eigenvalue weighted by Crippen LogP contribution is -2.39. The second kappa shape index (κ2) is 6.68. The van der Waals surface area contributed by atoms with Crippen LogP contribution in [0.4, 0.5) is 5.69 Å². The molecule has 1 fully saturated rings. The van der Waals surface area contributed by atoms with Gasteiger partial charge >= 0.3 is 0 Å². The summed E-state index contributed by atoms with van der Waals surface area (Å²) in [6.07, 6.45) is 4.81. The minimum absolute atomic E-state index is 0.0127. The van der Waals surface area contributed by atoms with Crippen LogP contribution in [-0.4, -0.2) is 54.5 Å². The summed E-state index contributed by atoms with van der Waals surface area (Å²) in [5, 5.41) is 10.4. The highest BCUT2D eigenvalue weighted by Crippen LogP contribution is 2.34. The fourth-order valence-corrected chi connectivity index (χ4v) is 5.41. The average Bonchev–Trinajstić information content (AvgIpc) is 3.31. The lowest BCUT2D eigenvalue weighted by molar-refractivity contribution is 0.0696. The predicted octanol–water partition coefficient (Wildman–Crippen LogP) is 1.54. The molecule has 1 unspecified atom stereocenters. The third-order valence-electron chi connectivity index (χ3n) is 5.57. The van der Waals surface area contributed by atoms with Crippen LogP contribution >= 0.6 is 0 Å². The molecule has 8 heteroatoms. The van der Waals surface area contributed by atoms with Crippen LogP contribution in [0.2, 0.25) is 0 Å². The molecule has 2 aromatic rings. The van der Waals surface area contributed by atoms with E-state index in [1.165, 1.54) is 9.87 Å². The maximum absolute atomic E-state index is 13.0. The van der Waals surface area contributed by atoms with E-state index in [0.29, 0.717) is 36.7 Å². The Hall–Kier alpha value is -1.90. The normalized spacial score (nSPS) is 20.3. The lowest BCUT2D eigenvalue weighted by Gasteiger charge is -2.33. The van der Waals surface area contributed by atoms with Gasteiger partial charge in [-0.2, -0.15) is 4.31 Å². The molecule has 7 nitrogen and oxygen atoms in total. The minimum atomic E-state index is -3.51. The van der Waals surface area contributed by atoms with E-state index in [2.05, 4.69) is 14.9 Å². The topological polar surface area (TPSA) is 89.5 Å². The zero-order valence-electron chi connectivity index (χ0n) is 14.8. The highest BCUT2D eigenvalue weighted by atomic mass is 32.2. The number of aromatic nitrogens is 2. The van der Waals surface area contributed by atoms with E-state index in [1.807, 2.05) is 13.1 Å². The van der Waals surface area contributed by atoms with Gasteiger partial charge in [0.25, 0.3) is 0 Å². The zero-order valence-corrected chi connectivity index (χ0v) is 15.6. The number of nitrogens with one attached hydrogen (secondary N) is 1. The van der Waals surface area contributed by atoms with Crippen LogP contribution in [0.15, 0.2) is 35.5 Å². The number of fused-ring (bicyclic) bond motifs is 1. The minimum Gasteiger partial charge on any atom is -0.385 e. The molecule has 1 aromatic carbocycles. The monoisotopic (exact) mass is 376 g/mol. The Morgan fingerprint density at radius 3 is 2.73 bits per heavy atom. The first kappa shape index (κ1) is 17.5. The van der Waals surface area contributed by atoms with E-state index < -0.39 is 16.1 Å². The molecule has 0 amide bonds. The smallest absolute Gasteiger partial charge is 0.243 e. The first-order valence-corrected chi connectivity index (χ1v) is 10.4. The summed E-state index contributed by atoms with van der Waals surface area (Å²) in [5.41, 5.74) is 2.21. The summed E-state index contributed by atoms with van der Waals surface area (Å²) in [7, 11) is -1.52. The van der Waals surface area contributed by atoms with Gasteiger partial charge in [-0.05, 0) is 42.9 Å². The van der Waals surface area contributed by atoms with Gasteiger partial charge in [0.15, 0.2) is 0 Å². The van der Waals surface area contributed by atoms with Crippen molar-refractivity contribution in [3.8, 4) is 0 Å². The van der Waals surface area contributed by atoms with Crippen molar-refractivity contribution in [2.24, 2.45) is 5.92 Å². The van der Waals surface area contributed by atoms with E-state index >= 15 is 0 Å². The molecule has 26 heavy (non-hydrogen) atoms. The van der Waals surface area contributed by atoms with Crippen LogP contribution in [-0.2, 0) is 16.4 Å². The van der Waals surface area contributed by atoms with Crippen LogP contribution in [0.25, 0.3) is 0 Å². The van der Waals surface area contributed by atoms with E-state index in [-0.39, 0.29) is 5.92 Å². The molecular formula is C18H24N4O3S. The summed E-state index contributed by atoms with van der Waals surface area (Å²) >= 11 is 0. The molecule has 1 aromatic heterocycles. The van der Waals surface area contributed by atoms with Gasteiger partial charge in [-0.15, -0.1) is 0 Å². The van der Waals surface area contributed by atoms with Gasteiger partial charge in [-0.25, -0.2) is 13.4 Å². The predicted molar refractivity (Wildman–Crippen MR) is 98.4 cm³/mol. The van der Waals surface area contributed by atoms with Crippen LogP contribution in [0.3, 0.4) is 0 Å². The van der Waals surface area contributed by atoms with Crippen molar-refractivity contribution in [3.63, 3.8) is 0 Å². The molecule has 2 aliphatic rings. The maximum Gasteiger partial charge on any atom is 0.243 e. The summed E-state index contributed by atoms with van der Waals surface area (Å²) in [4.78, 5) is 9.49. The largest absolute Gasteiger partial charge is 0.385 e. The zero-order chi connectivity index (χ0) is 18.3. The Kier molecular flexibility index (Phi) is 4.50. The van der Waals surface area contributed by atoms with E-state index in [0.717, 1.165) is 18.7 Å². The molecule has 2 aliphatic heterocycles. The second-order valence-electron chi connectivity index (χ2n) is 7.12. The standard InChI is InChI=1S/C18H24N4O3S/c1-21-9-4-13-2-3-15(12-16(13)21)26(24,25)22-10-5-14(6-11-22)17(23)18-19-7-8-20-18/h2-3,7-8,12,14,17,23H,4-6,9-11H2,1H3,(H,19,20). The van der Waals surface area contributed by atoms with Gasteiger partial charge in [0.1, 0.15) is 11.9 Å². The molecule has 2 N–H and O–H groups in total. The van der Waals surface area contributed by atoms with Gasteiger partial charge in [-0.1, -0.05) is 6.07 Å². The number of aromatic amines is 1. The summed E-state index contributed by atoms with van der Waals surface area (Å²) in [6.45, 7) is 1.75. The second-order valence-corrected chi connectivity index (χ2v) is 9.06. The number of piperidine rings is 1. The first-order valence-electron chi connectivity index (χ1n) is 8.98. The molecule has 0 saturated carbocycles. The van der Waals surface area contributed by atoms with Crippen molar-refractivity contribution in [2.45, 2.75) is 30.3 Å². The van der Waals surface area contributed by atoms with Crippen molar-refractivity contribution in [2.75, 3.05) is 31.6 Å². The molecule has 140 valence electrons. The number of sulfonamides is 1. The number of nitrogens with zero attached hydrogens (tertiary/aromatic N) is 3. The van der Waals surface area contributed by atoms with Crippen molar-refractivity contribution in [1.82, 2.24) is 14.3 Å². The van der Waals surface area contributed by atoms with Crippen LogP contribution in [0.1, 0.15) is 30.3 Å². The SMILES string of the molecule is CN1CCc2ccc(S(=O)(=O)N3CCC(C(O)c4ncc[nH]4)CC3)cc21. The van der Waals surface area contributed by atoms with Crippen molar-refractivity contribution in [3.05, 3.63) is 42.0 Å². The average molecular weight is 376 g/mol. The van der Waals surface area contributed by atoms with Crippen LogP contribution < -0.4 is 4.90 Å². The number of rotatable bonds is 4. The molecule has 1 atom stereocenters. The van der Waals surface area contributed by atoms with Crippen molar-refractivity contribution in [1.29, 1.82) is 0 Å². The molecule has 0 aliphatic carbocycles. The molecule has 3 heterocycles. The summed E-state index contributed by atoms with van der Waals surface area (Å²) in [6, 6.07) is 5.44. The summed E-state index contributed by atoms with van der Waals surface area (Å²) in [5.74, 6) is 0.562. The number of aliphatic hydroxyl groups excluding tert-OH is 1. The molecule has 4 rings (SSSR count). The maximum atomic E-state index is 13.0. The number of H-pyrrole nitrogens is 1. The Balaban J connectivity index is 1.48. The van der Waals surface area contributed by atoms with Gasteiger partial charge in [0.2, 0.25) is 10.0 Å². The highest BCUT2D eigenvalue weighted by Gasteiger charge is 2.33. The van der Waals surface area contributed by atoms with Crippen LogP contribution in [0.5, 0.6) is 0 Å². The van der Waals surface area contributed by atoms with E-state index in [1.54, 1.807) is 24.5 Å². The Labute approximate surface area is 153 Å². The van der Waals surface area contributed by atoms with E-state index in [9.17, 15) is 13.5 Å². The molecule has 1 saturated heterocycles. The lowest BCUT2D eigenvalue weighted by atomic mass is 9.92. The van der Waals surface area contributed by atoms with Crippen LogP contribution in [0, 0.1) is 5.92 Å². The Morgan fingerprint density at radius 2 is 2.04 bits per heavy atom. The third kappa shape index (κ3) is 3.02. The van der Waals surface area contributed by atoms with Crippen molar-refractivity contribution >= 4 is 15.7 Å². The molecule has 0 radical (unpaired) electrons. The molecule has 0 bridgehead atoms. The number of hydrogen-bond acceptors (Lipinski definition) is 5. The number of benzene rings is 1. The Bertz CT molecular complexity index is 874.